The molecule has 1 aromatic heterocycles. The molecule has 2 aromatic rings. The van der Waals surface area contributed by atoms with Crippen molar-refractivity contribution >= 4 is 29.2 Å². The number of Topliss-reactive ketones (excluding diaryl/α,β-unsaturated/α-hetero) is 1. The number of carbonyl (C=O) groups is 4. The monoisotopic (exact) mass is 640 g/mol. The van der Waals surface area contributed by atoms with Crippen LogP contribution in [0.5, 0.6) is 0 Å². The quantitative estimate of drug-likeness (QED) is 0.204. The minimum Gasteiger partial charge on any atom is -0.390 e. The number of rotatable bonds is 12. The van der Waals surface area contributed by atoms with E-state index in [9.17, 15) is 24.3 Å². The fourth-order valence-electron chi connectivity index (χ4n) is 6.65. The highest BCUT2D eigenvalue weighted by atomic mass is 19.1. The zero-order valence-electron chi connectivity index (χ0n) is 27.6. The van der Waals surface area contributed by atoms with Crippen molar-refractivity contribution < 1.29 is 33.2 Å². The van der Waals surface area contributed by atoms with Crippen molar-refractivity contribution in [3.63, 3.8) is 0 Å². The molecule has 3 N–H and O–H groups in total. The molecule has 252 valence electrons. The van der Waals surface area contributed by atoms with Crippen LogP contribution in [0.2, 0.25) is 0 Å². The number of amides is 3. The van der Waals surface area contributed by atoms with Crippen LogP contribution < -0.4 is 10.6 Å². The van der Waals surface area contributed by atoms with Crippen molar-refractivity contribution in [3.8, 4) is 0 Å². The minimum absolute atomic E-state index is 0.00817. The number of benzene rings is 1. The zero-order chi connectivity index (χ0) is 33.4. The SMILES string of the molecule is CCC(=O)N[C@@H](C(=O)N1CCC(C)(O)CC1)[C@@H](C)c1ccc(NC(=O)[C@@H](CC(=O)c2conc2CC)C2CCCCCC2)c(F)c1. The Morgan fingerprint density at radius 1 is 1.11 bits per heavy atom. The van der Waals surface area contributed by atoms with Gasteiger partial charge in [-0.05, 0) is 62.6 Å². The maximum Gasteiger partial charge on any atom is 0.245 e. The molecule has 1 saturated heterocycles. The van der Waals surface area contributed by atoms with Crippen LogP contribution in [-0.4, -0.2) is 63.4 Å². The summed E-state index contributed by atoms with van der Waals surface area (Å²) in [5.74, 6) is -3.08. The molecule has 2 aliphatic rings. The van der Waals surface area contributed by atoms with Gasteiger partial charge in [0.1, 0.15) is 18.1 Å². The van der Waals surface area contributed by atoms with E-state index < -0.39 is 35.2 Å². The summed E-state index contributed by atoms with van der Waals surface area (Å²) in [6.07, 6.45) is 8.64. The first-order valence-corrected chi connectivity index (χ1v) is 16.8. The van der Waals surface area contributed by atoms with Crippen LogP contribution in [0, 0.1) is 17.7 Å². The Morgan fingerprint density at radius 2 is 1.78 bits per heavy atom. The summed E-state index contributed by atoms with van der Waals surface area (Å²) in [6, 6.07) is 3.49. The number of hydrogen-bond acceptors (Lipinski definition) is 7. The maximum atomic E-state index is 15.6. The highest BCUT2D eigenvalue weighted by Gasteiger charge is 2.37. The van der Waals surface area contributed by atoms with Gasteiger partial charge in [-0.25, -0.2) is 4.39 Å². The Labute approximate surface area is 270 Å². The highest BCUT2D eigenvalue weighted by Crippen LogP contribution is 2.34. The number of aliphatic hydroxyl groups is 1. The molecule has 2 heterocycles. The van der Waals surface area contributed by atoms with E-state index in [-0.39, 0.29) is 42.0 Å². The number of anilines is 1. The lowest BCUT2D eigenvalue weighted by Gasteiger charge is -2.38. The Bertz CT molecular complexity index is 1370. The zero-order valence-corrected chi connectivity index (χ0v) is 27.6. The van der Waals surface area contributed by atoms with Crippen LogP contribution in [0.25, 0.3) is 0 Å². The van der Waals surface area contributed by atoms with Gasteiger partial charge in [0.25, 0.3) is 0 Å². The number of halogens is 1. The fraction of sp³-hybridized carbons (Fsp3) is 0.629. The summed E-state index contributed by atoms with van der Waals surface area (Å²) in [5.41, 5.74) is 0.576. The first kappa shape index (κ1) is 35.3. The van der Waals surface area contributed by atoms with Crippen molar-refractivity contribution in [2.75, 3.05) is 18.4 Å². The Kier molecular flexibility index (Phi) is 12.1. The summed E-state index contributed by atoms with van der Waals surface area (Å²) in [6.45, 7) is 7.80. The highest BCUT2D eigenvalue weighted by molar-refractivity contribution is 6.01. The molecule has 11 heteroatoms. The molecule has 10 nitrogen and oxygen atoms in total. The van der Waals surface area contributed by atoms with Crippen LogP contribution in [0.15, 0.2) is 29.0 Å². The molecule has 0 spiro atoms. The minimum atomic E-state index is -0.925. The predicted molar refractivity (Wildman–Crippen MR) is 172 cm³/mol. The fourth-order valence-corrected chi connectivity index (χ4v) is 6.65. The average Bonchev–Trinajstić information content (AvgIpc) is 3.37. The summed E-state index contributed by atoms with van der Waals surface area (Å²) < 4.78 is 20.7. The van der Waals surface area contributed by atoms with E-state index in [1.54, 1.807) is 31.7 Å². The number of carbonyl (C=O) groups excluding carboxylic acids is 4. The topological polar surface area (TPSA) is 142 Å². The van der Waals surface area contributed by atoms with Gasteiger partial charge >= 0.3 is 0 Å². The molecule has 0 radical (unpaired) electrons. The van der Waals surface area contributed by atoms with Gasteiger partial charge in [0.05, 0.1) is 22.5 Å². The van der Waals surface area contributed by atoms with Crippen molar-refractivity contribution in [1.82, 2.24) is 15.4 Å². The van der Waals surface area contributed by atoms with Crippen molar-refractivity contribution in [2.24, 2.45) is 11.8 Å². The van der Waals surface area contributed by atoms with Crippen LogP contribution in [0.1, 0.15) is 119 Å². The molecule has 3 atom stereocenters. The molecule has 4 rings (SSSR count). The average molecular weight is 641 g/mol. The molecule has 1 saturated carbocycles. The summed E-state index contributed by atoms with van der Waals surface area (Å²) in [5, 5.41) is 19.8. The van der Waals surface area contributed by atoms with Gasteiger partial charge in [-0.3, -0.25) is 19.2 Å². The second kappa shape index (κ2) is 15.8. The van der Waals surface area contributed by atoms with Crippen LogP contribution in [0.4, 0.5) is 10.1 Å². The van der Waals surface area contributed by atoms with Crippen LogP contribution >= 0.6 is 0 Å². The van der Waals surface area contributed by atoms with Crippen molar-refractivity contribution in [3.05, 3.63) is 47.1 Å². The van der Waals surface area contributed by atoms with Gasteiger partial charge in [0.15, 0.2) is 5.78 Å². The first-order valence-electron chi connectivity index (χ1n) is 16.8. The largest absolute Gasteiger partial charge is 0.390 e. The molecular weight excluding hydrogens is 591 g/mol. The van der Waals surface area contributed by atoms with Crippen LogP contribution in [0.3, 0.4) is 0 Å². The molecule has 0 bridgehead atoms. The molecular formula is C35H49FN4O6. The molecule has 46 heavy (non-hydrogen) atoms. The number of hydrogen-bond donors (Lipinski definition) is 3. The molecule has 2 fully saturated rings. The van der Waals surface area contributed by atoms with Crippen LogP contribution in [-0.2, 0) is 20.8 Å². The molecule has 0 unspecified atom stereocenters. The summed E-state index contributed by atoms with van der Waals surface area (Å²) in [4.78, 5) is 54.7. The summed E-state index contributed by atoms with van der Waals surface area (Å²) in [7, 11) is 0. The van der Waals surface area contributed by atoms with Gasteiger partial charge in [0, 0.05) is 37.8 Å². The van der Waals surface area contributed by atoms with Gasteiger partial charge in [-0.15, -0.1) is 0 Å². The molecule has 3 amide bonds. The number of nitrogens with one attached hydrogen (secondary N) is 2. The summed E-state index contributed by atoms with van der Waals surface area (Å²) >= 11 is 0. The normalized spacial score (nSPS) is 19.0. The van der Waals surface area contributed by atoms with Gasteiger partial charge in [0.2, 0.25) is 17.7 Å². The number of piperidine rings is 1. The van der Waals surface area contributed by atoms with Gasteiger partial charge in [-0.2, -0.15) is 0 Å². The molecule has 1 aliphatic heterocycles. The Hall–Kier alpha value is -3.60. The van der Waals surface area contributed by atoms with E-state index in [0.29, 0.717) is 49.2 Å². The van der Waals surface area contributed by atoms with E-state index in [0.717, 1.165) is 38.5 Å². The number of aryl methyl sites for hydroxylation is 1. The molecule has 1 aliphatic carbocycles. The number of nitrogens with zero attached hydrogens (tertiary/aromatic N) is 2. The van der Waals surface area contributed by atoms with Gasteiger partial charge in [-0.1, -0.05) is 57.7 Å². The smallest absolute Gasteiger partial charge is 0.245 e. The standard InChI is InChI=1S/C35H49FN4O6/c1-5-28-26(21-46-39-28)30(41)20-25(23-11-9-7-8-10-12-23)33(43)37-29-14-13-24(19-27(29)36)22(3)32(38-31(42)6-2)34(44)40-17-15-35(4,45)16-18-40/h13-14,19,21-23,25,32,45H,5-12,15-18,20H2,1-4H3,(H,37,43)(H,38,42)/t22-,25-,32+/m0/s1. The maximum absolute atomic E-state index is 15.6. The second-order valence-corrected chi connectivity index (χ2v) is 13.3. The van der Waals surface area contributed by atoms with E-state index in [4.69, 9.17) is 4.52 Å². The van der Waals surface area contributed by atoms with Crippen molar-refractivity contribution in [2.45, 2.75) is 116 Å². The Balaban J connectivity index is 1.52. The number of ketones is 1. The second-order valence-electron chi connectivity index (χ2n) is 13.3. The van der Waals surface area contributed by atoms with Gasteiger partial charge < -0.3 is 25.2 Å². The first-order chi connectivity index (χ1) is 21.9. The Morgan fingerprint density at radius 3 is 2.39 bits per heavy atom. The predicted octanol–water partition coefficient (Wildman–Crippen LogP) is 5.55. The third-order valence-corrected chi connectivity index (χ3v) is 9.82. The van der Waals surface area contributed by atoms with E-state index in [1.807, 2.05) is 6.92 Å². The lowest BCUT2D eigenvalue weighted by molar-refractivity contribution is -0.140. The van der Waals surface area contributed by atoms with E-state index in [2.05, 4.69) is 15.8 Å². The third-order valence-electron chi connectivity index (χ3n) is 9.82. The lowest BCUT2D eigenvalue weighted by atomic mass is 9.81. The number of aromatic nitrogens is 1. The van der Waals surface area contributed by atoms with E-state index in [1.165, 1.54) is 18.4 Å². The van der Waals surface area contributed by atoms with Crippen molar-refractivity contribution in [1.29, 1.82) is 0 Å². The number of likely N-dealkylation sites (tertiary alicyclic amines) is 1. The van der Waals surface area contributed by atoms with E-state index >= 15 is 4.39 Å². The lowest BCUT2D eigenvalue weighted by Crippen LogP contribution is -2.54. The molecule has 1 aromatic carbocycles. The third kappa shape index (κ3) is 8.80.